The lowest BCUT2D eigenvalue weighted by Gasteiger charge is -2.11. The molecule has 0 radical (unpaired) electrons. The summed E-state index contributed by atoms with van der Waals surface area (Å²) < 4.78 is 0. The van der Waals surface area contributed by atoms with E-state index in [0.717, 1.165) is 39.0 Å². The number of aromatic nitrogens is 1. The highest BCUT2D eigenvalue weighted by Gasteiger charge is 2.09. The summed E-state index contributed by atoms with van der Waals surface area (Å²) in [6.45, 7) is 1.51. The molecule has 0 aliphatic heterocycles. The lowest BCUT2D eigenvalue weighted by atomic mass is 9.98. The molecule has 4 rings (SSSR count). The molecule has 3 aromatic carbocycles. The topological polar surface area (TPSA) is 42.0 Å². The summed E-state index contributed by atoms with van der Waals surface area (Å²) in [7, 11) is 0. The summed E-state index contributed by atoms with van der Waals surface area (Å²) in [5.41, 5.74) is 5.88. The van der Waals surface area contributed by atoms with Crippen LogP contribution < -0.4 is 5.32 Å². The van der Waals surface area contributed by atoms with Gasteiger partial charge in [-0.25, -0.2) is 4.98 Å². The van der Waals surface area contributed by atoms with Gasteiger partial charge < -0.3 is 5.32 Å². The number of benzene rings is 3. The first-order valence-corrected chi connectivity index (χ1v) is 8.54. The van der Waals surface area contributed by atoms with E-state index in [4.69, 9.17) is 4.98 Å². The Kier molecular flexibility index (Phi) is 5.53. The van der Waals surface area contributed by atoms with Crippen LogP contribution in [0.2, 0.25) is 0 Å². The smallest absolute Gasteiger partial charge is 0.221 e. The second-order valence-electron chi connectivity index (χ2n) is 6.20. The Labute approximate surface area is 164 Å². The molecule has 0 saturated carbocycles. The van der Waals surface area contributed by atoms with Crippen LogP contribution in [-0.2, 0) is 4.79 Å². The fourth-order valence-electron chi connectivity index (χ4n) is 3.14. The van der Waals surface area contributed by atoms with Gasteiger partial charge in [-0.1, -0.05) is 60.7 Å². The van der Waals surface area contributed by atoms with E-state index in [1.807, 2.05) is 60.7 Å². The third-order valence-electron chi connectivity index (χ3n) is 4.28. The highest BCUT2D eigenvalue weighted by Crippen LogP contribution is 2.32. The molecule has 0 aliphatic carbocycles. The number of carbonyl (C=O) groups is 1. The van der Waals surface area contributed by atoms with Crippen LogP contribution in [0.15, 0.2) is 84.9 Å². The Morgan fingerprint density at radius 1 is 0.815 bits per heavy atom. The van der Waals surface area contributed by atoms with Gasteiger partial charge in [-0.05, 0) is 35.4 Å². The molecule has 0 bridgehead atoms. The maximum Gasteiger partial charge on any atom is 0.221 e. The SMILES string of the molecule is CC(=O)Nc1cccc(-c2cc(-c3ccccc3)c3ccccc3n2)c1.Cl. The maximum absolute atomic E-state index is 11.3. The minimum absolute atomic E-state index is 0. The molecule has 0 unspecified atom stereocenters. The fraction of sp³-hybridized carbons (Fsp3) is 0.0435. The van der Waals surface area contributed by atoms with Gasteiger partial charge in [0.05, 0.1) is 11.2 Å². The van der Waals surface area contributed by atoms with E-state index in [9.17, 15) is 4.79 Å². The second-order valence-corrected chi connectivity index (χ2v) is 6.20. The normalized spacial score (nSPS) is 10.3. The molecule has 134 valence electrons. The van der Waals surface area contributed by atoms with E-state index in [2.05, 4.69) is 29.6 Å². The molecule has 3 nitrogen and oxygen atoms in total. The summed E-state index contributed by atoms with van der Waals surface area (Å²) in [4.78, 5) is 16.2. The molecular formula is C23H19ClN2O. The van der Waals surface area contributed by atoms with Gasteiger partial charge in [0.2, 0.25) is 5.91 Å². The van der Waals surface area contributed by atoms with Crippen LogP contribution in [0, 0.1) is 0 Å². The van der Waals surface area contributed by atoms with Gasteiger partial charge in [-0.3, -0.25) is 4.79 Å². The minimum Gasteiger partial charge on any atom is -0.326 e. The number of rotatable bonds is 3. The first-order valence-electron chi connectivity index (χ1n) is 8.54. The summed E-state index contributed by atoms with van der Waals surface area (Å²) in [6, 6.07) is 28.4. The first kappa shape index (κ1) is 18.6. The molecule has 27 heavy (non-hydrogen) atoms. The van der Waals surface area contributed by atoms with Gasteiger partial charge in [0, 0.05) is 23.6 Å². The number of fused-ring (bicyclic) bond motifs is 1. The average Bonchev–Trinajstić information content (AvgIpc) is 2.67. The Bertz CT molecular complexity index is 1090. The van der Waals surface area contributed by atoms with Gasteiger partial charge in [0.1, 0.15) is 0 Å². The molecule has 4 aromatic rings. The van der Waals surface area contributed by atoms with Crippen molar-refractivity contribution >= 4 is 34.9 Å². The predicted molar refractivity (Wildman–Crippen MR) is 114 cm³/mol. The van der Waals surface area contributed by atoms with Gasteiger partial charge in [-0.2, -0.15) is 0 Å². The Morgan fingerprint density at radius 2 is 1.52 bits per heavy atom. The molecule has 0 aliphatic rings. The van der Waals surface area contributed by atoms with Crippen LogP contribution in [0.25, 0.3) is 33.3 Å². The number of hydrogen-bond donors (Lipinski definition) is 1. The van der Waals surface area contributed by atoms with E-state index in [1.54, 1.807) is 0 Å². The second kappa shape index (κ2) is 8.02. The summed E-state index contributed by atoms with van der Waals surface area (Å²) in [5, 5.41) is 3.96. The van der Waals surface area contributed by atoms with Crippen LogP contribution in [-0.4, -0.2) is 10.9 Å². The standard InChI is InChI=1S/C23H18N2O.ClH/c1-16(26)24-19-11-7-10-18(14-19)23-15-21(17-8-3-2-4-9-17)20-12-5-6-13-22(20)25-23;/h2-15H,1H3,(H,24,26);1H. The lowest BCUT2D eigenvalue weighted by Crippen LogP contribution is -2.05. The van der Waals surface area contributed by atoms with Crippen molar-refractivity contribution in [2.45, 2.75) is 6.92 Å². The summed E-state index contributed by atoms with van der Waals surface area (Å²) in [6.07, 6.45) is 0. The molecule has 0 saturated heterocycles. The van der Waals surface area contributed by atoms with E-state index in [0.29, 0.717) is 0 Å². The van der Waals surface area contributed by atoms with Crippen molar-refractivity contribution < 1.29 is 4.79 Å². The number of halogens is 1. The highest BCUT2D eigenvalue weighted by atomic mass is 35.5. The number of para-hydroxylation sites is 1. The third-order valence-corrected chi connectivity index (χ3v) is 4.28. The van der Waals surface area contributed by atoms with Crippen molar-refractivity contribution in [2.75, 3.05) is 5.32 Å². The van der Waals surface area contributed by atoms with E-state index in [-0.39, 0.29) is 18.3 Å². The van der Waals surface area contributed by atoms with Crippen molar-refractivity contribution in [1.29, 1.82) is 0 Å². The van der Waals surface area contributed by atoms with Gasteiger partial charge in [0.15, 0.2) is 0 Å². The minimum atomic E-state index is -0.0846. The number of pyridine rings is 1. The average molecular weight is 375 g/mol. The Balaban J connectivity index is 0.00000210. The fourth-order valence-corrected chi connectivity index (χ4v) is 3.14. The first-order chi connectivity index (χ1) is 12.7. The zero-order chi connectivity index (χ0) is 17.9. The summed E-state index contributed by atoms with van der Waals surface area (Å²) >= 11 is 0. The largest absolute Gasteiger partial charge is 0.326 e. The quantitative estimate of drug-likeness (QED) is 0.481. The van der Waals surface area contributed by atoms with Crippen molar-refractivity contribution in [3.05, 3.63) is 84.9 Å². The van der Waals surface area contributed by atoms with Crippen LogP contribution in [0.3, 0.4) is 0 Å². The van der Waals surface area contributed by atoms with Crippen LogP contribution in [0.5, 0.6) is 0 Å². The van der Waals surface area contributed by atoms with Crippen LogP contribution in [0.4, 0.5) is 5.69 Å². The third kappa shape index (κ3) is 3.99. The molecule has 0 atom stereocenters. The van der Waals surface area contributed by atoms with Crippen LogP contribution in [0.1, 0.15) is 6.92 Å². The number of nitrogens with zero attached hydrogens (tertiary/aromatic N) is 1. The van der Waals surface area contributed by atoms with E-state index in [1.165, 1.54) is 6.92 Å². The zero-order valence-corrected chi connectivity index (χ0v) is 15.7. The molecular weight excluding hydrogens is 356 g/mol. The molecule has 1 amide bonds. The highest BCUT2D eigenvalue weighted by molar-refractivity contribution is 5.97. The van der Waals surface area contributed by atoms with E-state index >= 15 is 0 Å². The van der Waals surface area contributed by atoms with Gasteiger partial charge in [-0.15, -0.1) is 12.4 Å². The number of anilines is 1. The van der Waals surface area contributed by atoms with Gasteiger partial charge >= 0.3 is 0 Å². The molecule has 0 fully saturated rings. The van der Waals surface area contributed by atoms with Crippen molar-refractivity contribution in [3.63, 3.8) is 0 Å². The molecule has 0 spiro atoms. The Morgan fingerprint density at radius 3 is 2.30 bits per heavy atom. The number of amides is 1. The van der Waals surface area contributed by atoms with Crippen molar-refractivity contribution in [1.82, 2.24) is 4.98 Å². The van der Waals surface area contributed by atoms with Crippen molar-refractivity contribution in [2.24, 2.45) is 0 Å². The number of nitrogens with one attached hydrogen (secondary N) is 1. The van der Waals surface area contributed by atoms with E-state index < -0.39 is 0 Å². The molecule has 1 aromatic heterocycles. The monoisotopic (exact) mass is 374 g/mol. The molecule has 1 N–H and O–H groups in total. The number of hydrogen-bond acceptors (Lipinski definition) is 2. The van der Waals surface area contributed by atoms with Crippen molar-refractivity contribution in [3.8, 4) is 22.4 Å². The zero-order valence-electron chi connectivity index (χ0n) is 14.8. The lowest BCUT2D eigenvalue weighted by molar-refractivity contribution is -0.114. The maximum atomic E-state index is 11.3. The number of carbonyl (C=O) groups excluding carboxylic acids is 1. The Hall–Kier alpha value is -3.17. The molecule has 4 heteroatoms. The molecule has 1 heterocycles. The van der Waals surface area contributed by atoms with Gasteiger partial charge in [0.25, 0.3) is 0 Å². The van der Waals surface area contributed by atoms with Crippen LogP contribution >= 0.6 is 12.4 Å². The predicted octanol–water partition coefficient (Wildman–Crippen LogP) is 5.95. The summed E-state index contributed by atoms with van der Waals surface area (Å²) in [5.74, 6) is -0.0846.